The number of hydrogen-bond acceptors (Lipinski definition) is 1. The average molecular weight is 257 g/mol. The van der Waals surface area contributed by atoms with Crippen molar-refractivity contribution in [1.29, 1.82) is 0 Å². The van der Waals surface area contributed by atoms with E-state index in [9.17, 15) is 5.11 Å². The first-order valence-corrected chi connectivity index (χ1v) is 6.42. The number of fused-ring (bicyclic) bond motifs is 1. The Kier molecular flexibility index (Phi) is 2.85. The van der Waals surface area contributed by atoms with Crippen molar-refractivity contribution in [2.75, 3.05) is 0 Å². The van der Waals surface area contributed by atoms with E-state index in [-0.39, 0.29) is 5.75 Å². The second-order valence-corrected chi connectivity index (χ2v) is 4.85. The summed E-state index contributed by atoms with van der Waals surface area (Å²) in [6.07, 6.45) is 8.68. The first kappa shape index (κ1) is 11.4. The van der Waals surface area contributed by atoms with Gasteiger partial charge in [-0.15, -0.1) is 0 Å². The number of aromatic hydroxyl groups is 1. The predicted molar refractivity (Wildman–Crippen MR) is 77.0 cm³/mol. The fraction of sp³-hybridized carbons (Fsp3) is 0.125. The zero-order valence-corrected chi connectivity index (χ0v) is 10.6. The Morgan fingerprint density at radius 1 is 1.06 bits per heavy atom. The second-order valence-electron chi connectivity index (χ2n) is 4.47. The van der Waals surface area contributed by atoms with Gasteiger partial charge in [-0.2, -0.15) is 0 Å². The van der Waals surface area contributed by atoms with E-state index in [4.69, 9.17) is 11.6 Å². The highest BCUT2D eigenvalue weighted by atomic mass is 35.5. The van der Waals surface area contributed by atoms with E-state index in [1.54, 1.807) is 12.1 Å². The van der Waals surface area contributed by atoms with Crippen molar-refractivity contribution >= 4 is 27.9 Å². The molecule has 1 N–H and O–H groups in total. The quantitative estimate of drug-likeness (QED) is 0.767. The maximum Gasteiger partial charge on any atom is 0.116 e. The van der Waals surface area contributed by atoms with Crippen molar-refractivity contribution < 1.29 is 5.11 Å². The molecule has 2 heteroatoms. The summed E-state index contributed by atoms with van der Waals surface area (Å²) in [7, 11) is 0. The number of phenolic OH excluding ortho intramolecular Hbond substituents is 1. The van der Waals surface area contributed by atoms with Gasteiger partial charge < -0.3 is 5.11 Å². The lowest BCUT2D eigenvalue weighted by Gasteiger charge is -2.11. The van der Waals surface area contributed by atoms with E-state index in [1.165, 1.54) is 5.57 Å². The van der Waals surface area contributed by atoms with Crippen molar-refractivity contribution in [3.8, 4) is 5.75 Å². The van der Waals surface area contributed by atoms with Crippen molar-refractivity contribution in [1.82, 2.24) is 0 Å². The monoisotopic (exact) mass is 256 g/mol. The van der Waals surface area contributed by atoms with Crippen LogP contribution in [0.1, 0.15) is 18.4 Å². The molecule has 2 aromatic carbocycles. The molecule has 0 bridgehead atoms. The Labute approximate surface area is 111 Å². The van der Waals surface area contributed by atoms with Crippen LogP contribution >= 0.6 is 11.6 Å². The number of halogens is 1. The van der Waals surface area contributed by atoms with E-state index in [0.29, 0.717) is 0 Å². The third-order valence-electron chi connectivity index (χ3n) is 3.24. The van der Waals surface area contributed by atoms with Gasteiger partial charge in [0.15, 0.2) is 0 Å². The largest absolute Gasteiger partial charge is 0.508 e. The lowest BCUT2D eigenvalue weighted by atomic mass is 9.97. The van der Waals surface area contributed by atoms with E-state index < -0.39 is 0 Å². The molecule has 0 saturated heterocycles. The Morgan fingerprint density at radius 3 is 2.72 bits per heavy atom. The molecule has 0 amide bonds. The molecule has 0 spiro atoms. The molecule has 1 nitrogen and oxygen atoms in total. The van der Waals surface area contributed by atoms with Gasteiger partial charge in [-0.1, -0.05) is 42.0 Å². The van der Waals surface area contributed by atoms with Crippen LogP contribution in [0.4, 0.5) is 0 Å². The predicted octanol–water partition coefficient (Wildman–Crippen LogP) is 4.93. The maximum absolute atomic E-state index is 9.47. The molecule has 0 aromatic heterocycles. The fourth-order valence-corrected chi connectivity index (χ4v) is 2.66. The molecule has 90 valence electrons. The number of rotatable bonds is 1. The zero-order valence-electron chi connectivity index (χ0n) is 9.86. The van der Waals surface area contributed by atoms with Crippen LogP contribution in [0.25, 0.3) is 16.3 Å². The molecule has 18 heavy (non-hydrogen) atoms. The van der Waals surface area contributed by atoms with Gasteiger partial charge in [0.2, 0.25) is 0 Å². The molecule has 1 aliphatic carbocycles. The smallest absolute Gasteiger partial charge is 0.116 e. The number of benzene rings is 2. The maximum atomic E-state index is 9.47. The molecule has 0 radical (unpaired) electrons. The van der Waals surface area contributed by atoms with Gasteiger partial charge in [0.1, 0.15) is 5.75 Å². The van der Waals surface area contributed by atoms with Gasteiger partial charge in [0.25, 0.3) is 0 Å². The van der Waals surface area contributed by atoms with Crippen LogP contribution in [0, 0.1) is 0 Å². The SMILES string of the molecule is Oc1ccc2c(Cl)c(C3=CCCC=C3)ccc2c1. The summed E-state index contributed by atoms with van der Waals surface area (Å²) in [4.78, 5) is 0. The summed E-state index contributed by atoms with van der Waals surface area (Å²) in [6, 6.07) is 9.29. The summed E-state index contributed by atoms with van der Waals surface area (Å²) in [5.74, 6) is 0.267. The minimum Gasteiger partial charge on any atom is -0.508 e. The summed E-state index contributed by atoms with van der Waals surface area (Å²) in [5.41, 5.74) is 2.24. The number of allylic oxidation sites excluding steroid dienone is 4. The van der Waals surface area contributed by atoms with Crippen LogP contribution in [0.15, 0.2) is 48.6 Å². The molecule has 0 heterocycles. The molecular weight excluding hydrogens is 244 g/mol. The standard InChI is InChI=1S/C16H13ClO/c17-16-14(11-4-2-1-3-5-11)8-6-12-10-13(18)7-9-15(12)16/h2,4-10,18H,1,3H2. The van der Waals surface area contributed by atoms with Gasteiger partial charge in [0.05, 0.1) is 5.02 Å². The third kappa shape index (κ3) is 1.91. The highest BCUT2D eigenvalue weighted by molar-refractivity contribution is 6.37. The number of phenols is 1. The molecule has 0 fully saturated rings. The summed E-state index contributed by atoms with van der Waals surface area (Å²) >= 11 is 6.47. The first-order chi connectivity index (χ1) is 8.75. The molecule has 3 rings (SSSR count). The summed E-state index contributed by atoms with van der Waals surface area (Å²) in [5, 5.41) is 12.2. The molecule has 0 unspecified atom stereocenters. The van der Waals surface area contributed by atoms with Crippen molar-refractivity contribution in [3.63, 3.8) is 0 Å². The van der Waals surface area contributed by atoms with Crippen LogP contribution in [-0.4, -0.2) is 5.11 Å². The molecular formula is C16H13ClO. The first-order valence-electron chi connectivity index (χ1n) is 6.04. The average Bonchev–Trinajstić information content (AvgIpc) is 2.40. The van der Waals surface area contributed by atoms with E-state index in [0.717, 1.165) is 34.2 Å². The summed E-state index contributed by atoms with van der Waals surface area (Å²) < 4.78 is 0. The van der Waals surface area contributed by atoms with Gasteiger partial charge in [-0.3, -0.25) is 0 Å². The number of hydrogen-bond donors (Lipinski definition) is 1. The Bertz CT molecular complexity index is 668. The molecule has 0 saturated carbocycles. The zero-order chi connectivity index (χ0) is 12.5. The van der Waals surface area contributed by atoms with E-state index in [1.807, 2.05) is 18.2 Å². The molecule has 0 aliphatic heterocycles. The fourth-order valence-electron chi connectivity index (χ4n) is 2.32. The van der Waals surface area contributed by atoms with Crippen molar-refractivity contribution in [2.45, 2.75) is 12.8 Å². The van der Waals surface area contributed by atoms with Crippen LogP contribution in [-0.2, 0) is 0 Å². The lowest BCUT2D eigenvalue weighted by molar-refractivity contribution is 0.476. The normalized spacial score (nSPS) is 14.8. The molecule has 2 aromatic rings. The van der Waals surface area contributed by atoms with Crippen molar-refractivity contribution in [3.05, 3.63) is 59.1 Å². The van der Waals surface area contributed by atoms with Gasteiger partial charge in [0, 0.05) is 10.9 Å². The molecule has 1 aliphatic rings. The highest BCUT2D eigenvalue weighted by Gasteiger charge is 2.09. The van der Waals surface area contributed by atoms with Gasteiger partial charge in [-0.25, -0.2) is 0 Å². The van der Waals surface area contributed by atoms with E-state index >= 15 is 0 Å². The van der Waals surface area contributed by atoms with Crippen LogP contribution in [0.3, 0.4) is 0 Å². The second kappa shape index (κ2) is 4.51. The lowest BCUT2D eigenvalue weighted by Crippen LogP contribution is -1.88. The van der Waals surface area contributed by atoms with Gasteiger partial charge in [-0.05, 0) is 42.0 Å². The van der Waals surface area contributed by atoms with Crippen LogP contribution in [0.2, 0.25) is 5.02 Å². The van der Waals surface area contributed by atoms with E-state index in [2.05, 4.69) is 18.2 Å². The topological polar surface area (TPSA) is 20.2 Å². The van der Waals surface area contributed by atoms with Crippen molar-refractivity contribution in [2.24, 2.45) is 0 Å². The Balaban J connectivity index is 2.20. The highest BCUT2D eigenvalue weighted by Crippen LogP contribution is 2.34. The Hall–Kier alpha value is -1.73. The van der Waals surface area contributed by atoms with Crippen LogP contribution < -0.4 is 0 Å². The van der Waals surface area contributed by atoms with Gasteiger partial charge >= 0.3 is 0 Å². The minimum absolute atomic E-state index is 0.267. The third-order valence-corrected chi connectivity index (χ3v) is 3.65. The summed E-state index contributed by atoms with van der Waals surface area (Å²) in [6.45, 7) is 0. The minimum atomic E-state index is 0.267. The Morgan fingerprint density at radius 2 is 1.94 bits per heavy atom. The van der Waals surface area contributed by atoms with Crippen LogP contribution in [0.5, 0.6) is 5.75 Å². The molecule has 0 atom stereocenters.